The monoisotopic (exact) mass is 296 g/mol. The van der Waals surface area contributed by atoms with Gasteiger partial charge in [-0.05, 0) is 61.7 Å². The third kappa shape index (κ3) is 3.81. The van der Waals surface area contributed by atoms with Crippen LogP contribution in [0.15, 0.2) is 16.8 Å². The van der Waals surface area contributed by atoms with E-state index in [2.05, 4.69) is 34.4 Å². The van der Waals surface area contributed by atoms with Gasteiger partial charge in [0, 0.05) is 13.2 Å². The molecule has 0 aromatic carbocycles. The lowest BCUT2D eigenvalue weighted by Crippen LogP contribution is -2.52. The molecule has 1 atom stereocenters. The molecule has 0 bridgehead atoms. The van der Waals surface area contributed by atoms with Gasteiger partial charge in [-0.15, -0.1) is 0 Å². The molecule has 4 nitrogen and oxygen atoms in total. The van der Waals surface area contributed by atoms with Gasteiger partial charge in [-0.3, -0.25) is 4.79 Å². The Labute approximate surface area is 124 Å². The number of methoxy groups -OCH3 is 1. The third-order valence-electron chi connectivity index (χ3n) is 3.96. The zero-order valence-corrected chi connectivity index (χ0v) is 13.1. The van der Waals surface area contributed by atoms with Crippen molar-refractivity contribution in [1.82, 2.24) is 10.6 Å². The molecule has 0 radical (unpaired) electrons. The predicted octanol–water partition coefficient (Wildman–Crippen LogP) is 1.81. The molecular formula is C15H24N2O2S. The van der Waals surface area contributed by atoms with Crippen LogP contribution in [-0.2, 0) is 16.0 Å². The number of hydrogen-bond donors (Lipinski definition) is 2. The van der Waals surface area contributed by atoms with Crippen molar-refractivity contribution in [3.63, 3.8) is 0 Å². The first-order valence-electron chi connectivity index (χ1n) is 7.18. The Balaban J connectivity index is 1.93. The minimum Gasteiger partial charge on any atom is -0.384 e. The quantitative estimate of drug-likeness (QED) is 0.842. The average Bonchev–Trinajstić information content (AvgIpc) is 2.92. The molecular weight excluding hydrogens is 272 g/mol. The number of hydrogen-bond acceptors (Lipinski definition) is 4. The summed E-state index contributed by atoms with van der Waals surface area (Å²) in [6.45, 7) is 4.34. The fourth-order valence-electron chi connectivity index (χ4n) is 2.81. The molecule has 0 spiro atoms. The summed E-state index contributed by atoms with van der Waals surface area (Å²) in [4.78, 5) is 12.6. The van der Waals surface area contributed by atoms with Crippen molar-refractivity contribution in [2.24, 2.45) is 5.41 Å². The molecule has 1 unspecified atom stereocenters. The Morgan fingerprint density at radius 3 is 2.90 bits per heavy atom. The number of rotatable bonds is 6. The minimum atomic E-state index is -0.358. The number of carbonyl (C=O) groups excluding carboxylic acids is 1. The van der Waals surface area contributed by atoms with E-state index in [4.69, 9.17) is 4.74 Å². The van der Waals surface area contributed by atoms with E-state index in [0.29, 0.717) is 6.61 Å². The summed E-state index contributed by atoms with van der Waals surface area (Å²) in [5.74, 6) is 0.142. The first kappa shape index (κ1) is 15.5. The maximum Gasteiger partial charge on any atom is 0.228 e. The van der Waals surface area contributed by atoms with Crippen LogP contribution in [0.25, 0.3) is 0 Å². The van der Waals surface area contributed by atoms with E-state index < -0.39 is 0 Å². The summed E-state index contributed by atoms with van der Waals surface area (Å²) in [6.07, 6.45) is 2.58. The Hall–Kier alpha value is -0.910. The smallest absolute Gasteiger partial charge is 0.228 e. The highest BCUT2D eigenvalue weighted by Crippen LogP contribution is 2.29. The molecule has 2 heterocycles. The molecule has 2 N–H and O–H groups in total. The fourth-order valence-corrected chi connectivity index (χ4v) is 3.49. The van der Waals surface area contributed by atoms with Gasteiger partial charge in [-0.2, -0.15) is 11.3 Å². The molecule has 1 aliphatic heterocycles. The number of carbonyl (C=O) groups is 1. The van der Waals surface area contributed by atoms with Crippen LogP contribution in [-0.4, -0.2) is 38.8 Å². The fraction of sp³-hybridized carbons (Fsp3) is 0.667. The normalized spacial score (nSPS) is 19.5. The number of nitrogens with one attached hydrogen (secondary N) is 2. The van der Waals surface area contributed by atoms with Gasteiger partial charge in [-0.1, -0.05) is 0 Å². The first-order valence-corrected chi connectivity index (χ1v) is 8.12. The lowest BCUT2D eigenvalue weighted by Gasteiger charge is -2.36. The lowest BCUT2D eigenvalue weighted by molar-refractivity contribution is -0.136. The van der Waals surface area contributed by atoms with Crippen molar-refractivity contribution in [3.8, 4) is 0 Å². The van der Waals surface area contributed by atoms with Gasteiger partial charge < -0.3 is 15.4 Å². The second-order valence-electron chi connectivity index (χ2n) is 5.67. The maximum atomic E-state index is 12.6. The highest BCUT2D eigenvalue weighted by molar-refractivity contribution is 7.07. The zero-order valence-electron chi connectivity index (χ0n) is 12.3. The van der Waals surface area contributed by atoms with Crippen LogP contribution >= 0.6 is 11.3 Å². The Kier molecular flexibility index (Phi) is 5.57. The second kappa shape index (κ2) is 7.20. The summed E-state index contributed by atoms with van der Waals surface area (Å²) in [7, 11) is 1.67. The van der Waals surface area contributed by atoms with Crippen molar-refractivity contribution in [2.75, 3.05) is 26.8 Å². The second-order valence-corrected chi connectivity index (χ2v) is 6.45. The summed E-state index contributed by atoms with van der Waals surface area (Å²) < 4.78 is 5.31. The molecule has 1 fully saturated rings. The number of piperidine rings is 1. The molecule has 0 saturated carbocycles. The van der Waals surface area contributed by atoms with Crippen molar-refractivity contribution < 1.29 is 9.53 Å². The molecule has 0 aliphatic carbocycles. The van der Waals surface area contributed by atoms with Gasteiger partial charge in [-0.25, -0.2) is 0 Å². The lowest BCUT2D eigenvalue weighted by atomic mass is 9.78. The van der Waals surface area contributed by atoms with Gasteiger partial charge >= 0.3 is 0 Å². The molecule has 112 valence electrons. The van der Waals surface area contributed by atoms with Gasteiger partial charge in [0.05, 0.1) is 12.0 Å². The van der Waals surface area contributed by atoms with Crippen LogP contribution in [0, 0.1) is 5.41 Å². The Morgan fingerprint density at radius 1 is 1.55 bits per heavy atom. The van der Waals surface area contributed by atoms with Crippen molar-refractivity contribution >= 4 is 17.2 Å². The van der Waals surface area contributed by atoms with Crippen LogP contribution in [0.2, 0.25) is 0 Å². The summed E-state index contributed by atoms with van der Waals surface area (Å²) in [6, 6.07) is 2.27. The van der Waals surface area contributed by atoms with Gasteiger partial charge in [0.1, 0.15) is 0 Å². The average molecular weight is 296 g/mol. The van der Waals surface area contributed by atoms with E-state index >= 15 is 0 Å². The molecule has 20 heavy (non-hydrogen) atoms. The third-order valence-corrected chi connectivity index (χ3v) is 4.69. The minimum absolute atomic E-state index is 0.142. The van der Waals surface area contributed by atoms with Crippen LogP contribution in [0.4, 0.5) is 0 Å². The van der Waals surface area contributed by atoms with E-state index in [-0.39, 0.29) is 17.4 Å². The number of ether oxygens (including phenoxy) is 1. The van der Waals surface area contributed by atoms with Crippen LogP contribution in [0.5, 0.6) is 0 Å². The maximum absolute atomic E-state index is 12.6. The first-order chi connectivity index (χ1) is 9.66. The number of thiophene rings is 1. The van der Waals surface area contributed by atoms with E-state index in [1.807, 2.05) is 0 Å². The van der Waals surface area contributed by atoms with Crippen molar-refractivity contribution in [2.45, 2.75) is 32.2 Å². The largest absolute Gasteiger partial charge is 0.384 e. The van der Waals surface area contributed by atoms with Gasteiger partial charge in [0.25, 0.3) is 0 Å². The number of amides is 1. The summed E-state index contributed by atoms with van der Waals surface area (Å²) in [5.41, 5.74) is 0.928. The predicted molar refractivity (Wildman–Crippen MR) is 82.0 cm³/mol. The van der Waals surface area contributed by atoms with Gasteiger partial charge in [0.2, 0.25) is 5.91 Å². The van der Waals surface area contributed by atoms with E-state index in [1.165, 1.54) is 5.56 Å². The zero-order chi connectivity index (χ0) is 14.4. The highest BCUT2D eigenvalue weighted by Gasteiger charge is 2.39. The molecule has 1 amide bonds. The van der Waals surface area contributed by atoms with Gasteiger partial charge in [0.15, 0.2) is 0 Å². The molecule has 1 aromatic heterocycles. The standard InChI is InChI=1S/C15H24N2O2S/c1-12(9-13-3-8-20-10-13)17-14(18)15(11-19-2)4-6-16-7-5-15/h3,8,10,12,16H,4-7,9,11H2,1-2H3,(H,17,18). The van der Waals surface area contributed by atoms with Crippen molar-refractivity contribution in [3.05, 3.63) is 22.4 Å². The SMILES string of the molecule is COCC1(C(=O)NC(C)Cc2ccsc2)CCNCC1. The van der Waals surface area contributed by atoms with E-state index in [9.17, 15) is 4.79 Å². The van der Waals surface area contributed by atoms with E-state index in [0.717, 1.165) is 32.4 Å². The Bertz CT molecular complexity index is 408. The van der Waals surface area contributed by atoms with Crippen molar-refractivity contribution in [1.29, 1.82) is 0 Å². The molecule has 1 saturated heterocycles. The van der Waals surface area contributed by atoms with Crippen LogP contribution < -0.4 is 10.6 Å². The van der Waals surface area contributed by atoms with Crippen LogP contribution in [0.3, 0.4) is 0 Å². The molecule has 5 heteroatoms. The highest BCUT2D eigenvalue weighted by atomic mass is 32.1. The summed E-state index contributed by atoms with van der Waals surface area (Å²) >= 11 is 1.69. The molecule has 1 aromatic rings. The molecule has 1 aliphatic rings. The van der Waals surface area contributed by atoms with Crippen LogP contribution in [0.1, 0.15) is 25.3 Å². The topological polar surface area (TPSA) is 50.4 Å². The van der Waals surface area contributed by atoms with E-state index in [1.54, 1.807) is 18.4 Å². The Morgan fingerprint density at radius 2 is 2.30 bits per heavy atom. The molecule has 2 rings (SSSR count). The summed E-state index contributed by atoms with van der Waals surface area (Å²) in [5, 5.41) is 10.7.